The van der Waals surface area contributed by atoms with Gasteiger partial charge in [-0.05, 0) is 19.4 Å². The smallest absolute Gasteiger partial charge is 0.330 e. The third-order valence-corrected chi connectivity index (χ3v) is 1.20. The first kappa shape index (κ1) is 10.9. The van der Waals surface area contributed by atoms with Crippen molar-refractivity contribution in [2.45, 2.75) is 26.7 Å². The second kappa shape index (κ2) is 6.58. The van der Waals surface area contributed by atoms with Gasteiger partial charge in [0.25, 0.3) is 0 Å². The molecule has 0 spiro atoms. The summed E-state index contributed by atoms with van der Waals surface area (Å²) in [5.74, 6) is -0.596. The lowest BCUT2D eigenvalue weighted by Crippen LogP contribution is -2.02. The van der Waals surface area contributed by atoms with E-state index in [9.17, 15) is 9.59 Å². The van der Waals surface area contributed by atoms with E-state index in [-0.39, 0.29) is 5.78 Å². The van der Waals surface area contributed by atoms with Gasteiger partial charge in [0.2, 0.25) is 0 Å². The highest BCUT2D eigenvalue weighted by Gasteiger charge is 1.95. The van der Waals surface area contributed by atoms with Crippen molar-refractivity contribution in [1.82, 2.24) is 0 Å². The molecular weight excluding hydrogens is 156 g/mol. The van der Waals surface area contributed by atoms with Crippen molar-refractivity contribution in [3.05, 3.63) is 12.2 Å². The third-order valence-electron chi connectivity index (χ3n) is 1.20. The molecule has 0 fully saturated rings. The Labute approximate surface area is 72.4 Å². The Kier molecular flexibility index (Phi) is 5.97. The van der Waals surface area contributed by atoms with Crippen LogP contribution in [0.3, 0.4) is 0 Å². The van der Waals surface area contributed by atoms with Crippen molar-refractivity contribution in [3.63, 3.8) is 0 Å². The Bertz CT molecular complexity index is 182. The highest BCUT2D eigenvalue weighted by Crippen LogP contribution is 1.89. The van der Waals surface area contributed by atoms with Crippen LogP contribution in [0, 0.1) is 0 Å². The van der Waals surface area contributed by atoms with Crippen LogP contribution in [0.15, 0.2) is 12.2 Å². The zero-order valence-corrected chi connectivity index (χ0v) is 7.50. The summed E-state index contributed by atoms with van der Waals surface area (Å²) in [7, 11) is 0. The molecule has 0 aromatic heterocycles. The molecule has 0 aliphatic rings. The van der Waals surface area contributed by atoms with Crippen LogP contribution in [0.5, 0.6) is 0 Å². The number of unbranched alkanes of at least 4 members (excludes halogenated alkanes) is 1. The van der Waals surface area contributed by atoms with E-state index < -0.39 is 5.97 Å². The summed E-state index contributed by atoms with van der Waals surface area (Å²) in [5.41, 5.74) is 0. The number of hydrogen-bond donors (Lipinski definition) is 0. The normalized spacial score (nSPS) is 10.2. The quantitative estimate of drug-likeness (QED) is 0.356. The first-order chi connectivity index (χ1) is 5.66. The summed E-state index contributed by atoms with van der Waals surface area (Å²) in [4.78, 5) is 21.1. The van der Waals surface area contributed by atoms with Crippen molar-refractivity contribution in [1.29, 1.82) is 0 Å². The molecule has 0 saturated heterocycles. The Balaban J connectivity index is 3.53. The summed E-state index contributed by atoms with van der Waals surface area (Å²) >= 11 is 0. The van der Waals surface area contributed by atoms with Crippen LogP contribution in [0.4, 0.5) is 0 Å². The average molecular weight is 170 g/mol. The van der Waals surface area contributed by atoms with E-state index in [1.807, 2.05) is 6.92 Å². The van der Waals surface area contributed by atoms with Gasteiger partial charge in [0.05, 0.1) is 6.61 Å². The minimum absolute atomic E-state index is 0.151. The molecule has 0 N–H and O–H groups in total. The fraction of sp³-hybridized carbons (Fsp3) is 0.556. The van der Waals surface area contributed by atoms with Crippen molar-refractivity contribution >= 4 is 11.8 Å². The zero-order valence-electron chi connectivity index (χ0n) is 7.50. The molecule has 0 atom stereocenters. The fourth-order valence-corrected chi connectivity index (χ4v) is 0.551. The largest absolute Gasteiger partial charge is 0.463 e. The fourth-order valence-electron chi connectivity index (χ4n) is 0.551. The van der Waals surface area contributed by atoms with Crippen molar-refractivity contribution in [3.8, 4) is 0 Å². The molecule has 68 valence electrons. The molecule has 0 rings (SSSR count). The van der Waals surface area contributed by atoms with Gasteiger partial charge >= 0.3 is 5.97 Å². The second-order valence-electron chi connectivity index (χ2n) is 2.47. The van der Waals surface area contributed by atoms with Crippen LogP contribution in [-0.2, 0) is 14.3 Å². The van der Waals surface area contributed by atoms with Crippen LogP contribution in [0.1, 0.15) is 26.7 Å². The molecule has 0 aromatic carbocycles. The van der Waals surface area contributed by atoms with Crippen molar-refractivity contribution < 1.29 is 14.3 Å². The first-order valence-corrected chi connectivity index (χ1v) is 4.02. The molecule has 0 bridgehead atoms. The number of esters is 1. The minimum atomic E-state index is -0.446. The molecule has 0 radical (unpaired) electrons. The Hall–Kier alpha value is -1.12. The molecule has 3 nitrogen and oxygen atoms in total. The van der Waals surface area contributed by atoms with Gasteiger partial charge in [0, 0.05) is 6.08 Å². The van der Waals surface area contributed by atoms with Crippen LogP contribution in [0.25, 0.3) is 0 Å². The van der Waals surface area contributed by atoms with Gasteiger partial charge in [-0.2, -0.15) is 0 Å². The maximum Gasteiger partial charge on any atom is 0.330 e. The summed E-state index contributed by atoms with van der Waals surface area (Å²) in [6.07, 6.45) is 4.20. The number of carbonyl (C=O) groups excluding carboxylic acids is 2. The van der Waals surface area contributed by atoms with Gasteiger partial charge < -0.3 is 4.74 Å². The van der Waals surface area contributed by atoms with Crippen LogP contribution in [-0.4, -0.2) is 18.4 Å². The van der Waals surface area contributed by atoms with E-state index in [1.165, 1.54) is 13.0 Å². The number of hydrogen-bond acceptors (Lipinski definition) is 3. The van der Waals surface area contributed by atoms with E-state index >= 15 is 0 Å². The molecule has 0 heterocycles. The predicted octanol–water partition coefficient (Wildman–Crippen LogP) is 1.47. The number of rotatable bonds is 5. The second-order valence-corrected chi connectivity index (χ2v) is 2.47. The first-order valence-electron chi connectivity index (χ1n) is 4.02. The van der Waals surface area contributed by atoms with E-state index in [0.717, 1.165) is 18.9 Å². The summed E-state index contributed by atoms with van der Waals surface area (Å²) in [6.45, 7) is 3.83. The van der Waals surface area contributed by atoms with Crippen LogP contribution < -0.4 is 0 Å². The summed E-state index contributed by atoms with van der Waals surface area (Å²) < 4.78 is 4.75. The lowest BCUT2D eigenvalue weighted by atomic mass is 10.3. The maximum absolute atomic E-state index is 10.8. The van der Waals surface area contributed by atoms with Gasteiger partial charge in [0.1, 0.15) is 0 Å². The minimum Gasteiger partial charge on any atom is -0.463 e. The standard InChI is InChI=1S/C9H14O3/c1-3-4-7-12-9(11)6-5-8(2)10/h5-6H,3-4,7H2,1-2H3/b6-5-. The molecule has 0 unspecified atom stereocenters. The van der Waals surface area contributed by atoms with E-state index in [1.54, 1.807) is 0 Å². The Morgan fingerprint density at radius 3 is 2.50 bits per heavy atom. The van der Waals surface area contributed by atoms with Crippen LogP contribution in [0.2, 0.25) is 0 Å². The average Bonchev–Trinajstić information content (AvgIpc) is 2.01. The Morgan fingerprint density at radius 2 is 2.00 bits per heavy atom. The lowest BCUT2D eigenvalue weighted by molar-refractivity contribution is -0.138. The predicted molar refractivity (Wildman–Crippen MR) is 45.7 cm³/mol. The lowest BCUT2D eigenvalue weighted by Gasteiger charge is -1.97. The number of ketones is 1. The van der Waals surface area contributed by atoms with E-state index in [4.69, 9.17) is 4.74 Å². The van der Waals surface area contributed by atoms with Gasteiger partial charge in [-0.1, -0.05) is 13.3 Å². The van der Waals surface area contributed by atoms with E-state index in [0.29, 0.717) is 6.61 Å². The molecule has 0 amide bonds. The van der Waals surface area contributed by atoms with Crippen molar-refractivity contribution in [2.75, 3.05) is 6.61 Å². The molecule has 0 aliphatic heterocycles. The number of allylic oxidation sites excluding steroid dienone is 1. The summed E-state index contributed by atoms with van der Waals surface area (Å²) in [5, 5.41) is 0. The third kappa shape index (κ3) is 6.99. The van der Waals surface area contributed by atoms with Gasteiger partial charge in [-0.15, -0.1) is 0 Å². The number of carbonyl (C=O) groups is 2. The summed E-state index contributed by atoms with van der Waals surface area (Å²) in [6, 6.07) is 0. The van der Waals surface area contributed by atoms with Gasteiger partial charge in [-0.25, -0.2) is 4.79 Å². The Morgan fingerprint density at radius 1 is 1.33 bits per heavy atom. The number of ether oxygens (including phenoxy) is 1. The maximum atomic E-state index is 10.8. The van der Waals surface area contributed by atoms with Gasteiger partial charge in [-0.3, -0.25) is 4.79 Å². The highest BCUT2D eigenvalue weighted by molar-refractivity contribution is 5.94. The van der Waals surface area contributed by atoms with Crippen molar-refractivity contribution in [2.24, 2.45) is 0 Å². The molecule has 12 heavy (non-hydrogen) atoms. The zero-order chi connectivity index (χ0) is 9.40. The molecule has 3 heteroatoms. The SMILES string of the molecule is CCCCOC(=O)/C=C\C(C)=O. The molecule has 0 aliphatic carbocycles. The van der Waals surface area contributed by atoms with E-state index in [2.05, 4.69) is 0 Å². The molecule has 0 aromatic rings. The topological polar surface area (TPSA) is 43.4 Å². The van der Waals surface area contributed by atoms with Gasteiger partial charge in [0.15, 0.2) is 5.78 Å². The van der Waals surface area contributed by atoms with Crippen LogP contribution >= 0.6 is 0 Å². The molecule has 0 saturated carbocycles. The highest BCUT2D eigenvalue weighted by atomic mass is 16.5. The molecular formula is C9H14O3. The monoisotopic (exact) mass is 170 g/mol.